The van der Waals surface area contributed by atoms with Gasteiger partial charge in [0.15, 0.2) is 0 Å². The van der Waals surface area contributed by atoms with Crippen LogP contribution >= 0.6 is 11.6 Å². The summed E-state index contributed by atoms with van der Waals surface area (Å²) in [5.41, 5.74) is 2.38. The topological polar surface area (TPSA) is 95.2 Å². The minimum Gasteiger partial charge on any atom is -0.326 e. The van der Waals surface area contributed by atoms with Gasteiger partial charge in [-0.3, -0.25) is 14.4 Å². The Morgan fingerprint density at radius 1 is 1.10 bits per heavy atom. The lowest BCUT2D eigenvalue weighted by atomic mass is 10.1. The van der Waals surface area contributed by atoms with E-state index in [-0.39, 0.29) is 23.8 Å². The van der Waals surface area contributed by atoms with E-state index in [0.29, 0.717) is 22.9 Å². The van der Waals surface area contributed by atoms with E-state index < -0.39 is 5.92 Å². The zero-order valence-corrected chi connectivity index (χ0v) is 16.0. The van der Waals surface area contributed by atoms with Gasteiger partial charge in [0.25, 0.3) is 5.56 Å². The number of aromatic amines is 1. The van der Waals surface area contributed by atoms with Crippen molar-refractivity contribution in [2.45, 2.75) is 6.42 Å². The summed E-state index contributed by atoms with van der Waals surface area (Å²) >= 11 is 5.90. The summed E-state index contributed by atoms with van der Waals surface area (Å²) in [6, 6.07) is 17.1. The average molecular weight is 409 g/mol. The minimum atomic E-state index is -0.451. The monoisotopic (exact) mass is 408 g/mol. The Morgan fingerprint density at radius 3 is 2.62 bits per heavy atom. The Kier molecular flexibility index (Phi) is 5.14. The fourth-order valence-corrected chi connectivity index (χ4v) is 3.39. The molecule has 1 aliphatic heterocycles. The van der Waals surface area contributed by atoms with Gasteiger partial charge in [0.2, 0.25) is 11.8 Å². The van der Waals surface area contributed by atoms with Gasteiger partial charge in [-0.15, -0.1) is 0 Å². The first kappa shape index (κ1) is 18.9. The quantitative estimate of drug-likeness (QED) is 0.693. The van der Waals surface area contributed by atoms with Crippen molar-refractivity contribution in [3.05, 3.63) is 76.0 Å². The third kappa shape index (κ3) is 4.20. The van der Waals surface area contributed by atoms with Crippen molar-refractivity contribution in [1.29, 1.82) is 0 Å². The lowest BCUT2D eigenvalue weighted by molar-refractivity contribution is -0.122. The molecule has 0 radical (unpaired) electrons. The van der Waals surface area contributed by atoms with E-state index in [0.717, 1.165) is 11.3 Å². The normalized spacial score (nSPS) is 16.1. The largest absolute Gasteiger partial charge is 0.326 e. The lowest BCUT2D eigenvalue weighted by Gasteiger charge is -2.17. The van der Waals surface area contributed by atoms with Crippen LogP contribution in [0.25, 0.3) is 11.3 Å². The molecule has 7 nitrogen and oxygen atoms in total. The van der Waals surface area contributed by atoms with Gasteiger partial charge in [-0.05, 0) is 42.5 Å². The van der Waals surface area contributed by atoms with Crippen LogP contribution in [0.1, 0.15) is 6.42 Å². The second-order valence-electron chi connectivity index (χ2n) is 6.76. The number of carbonyl (C=O) groups is 2. The zero-order chi connectivity index (χ0) is 20.4. The van der Waals surface area contributed by atoms with Crippen molar-refractivity contribution in [3.63, 3.8) is 0 Å². The van der Waals surface area contributed by atoms with E-state index in [9.17, 15) is 14.4 Å². The molecule has 0 saturated carbocycles. The van der Waals surface area contributed by atoms with Gasteiger partial charge in [0.1, 0.15) is 0 Å². The Labute approximate surface area is 171 Å². The molecule has 1 fully saturated rings. The molecule has 146 valence electrons. The van der Waals surface area contributed by atoms with Crippen LogP contribution in [0.15, 0.2) is 65.5 Å². The molecule has 1 aromatic heterocycles. The van der Waals surface area contributed by atoms with Crippen molar-refractivity contribution in [3.8, 4) is 11.3 Å². The molecular weight excluding hydrogens is 392 g/mol. The van der Waals surface area contributed by atoms with Crippen LogP contribution in [-0.2, 0) is 9.59 Å². The van der Waals surface area contributed by atoms with Crippen LogP contribution in [0.3, 0.4) is 0 Å². The second kappa shape index (κ2) is 7.89. The maximum Gasteiger partial charge on any atom is 0.264 e. The summed E-state index contributed by atoms with van der Waals surface area (Å²) in [5, 5.41) is 9.84. The lowest BCUT2D eigenvalue weighted by Crippen LogP contribution is -2.28. The number of amides is 2. The molecule has 1 atom stereocenters. The fraction of sp³-hybridized carbons (Fsp3) is 0.143. The van der Waals surface area contributed by atoms with Crippen molar-refractivity contribution >= 4 is 34.8 Å². The summed E-state index contributed by atoms with van der Waals surface area (Å²) in [6.45, 7) is 0.313. The van der Waals surface area contributed by atoms with Crippen molar-refractivity contribution in [1.82, 2.24) is 10.2 Å². The summed E-state index contributed by atoms with van der Waals surface area (Å²) in [4.78, 5) is 37.8. The number of carbonyl (C=O) groups excluding carboxylic acids is 2. The van der Waals surface area contributed by atoms with Crippen LogP contribution in [0.2, 0.25) is 5.02 Å². The predicted molar refractivity (Wildman–Crippen MR) is 111 cm³/mol. The predicted octanol–water partition coefficient (Wildman–Crippen LogP) is 3.08. The Hall–Kier alpha value is -3.45. The highest BCUT2D eigenvalue weighted by molar-refractivity contribution is 6.30. The summed E-state index contributed by atoms with van der Waals surface area (Å²) in [5.74, 6) is -0.770. The van der Waals surface area contributed by atoms with Gasteiger partial charge in [-0.2, -0.15) is 5.10 Å². The van der Waals surface area contributed by atoms with Crippen LogP contribution in [0, 0.1) is 5.92 Å². The standard InChI is InChI=1S/C21H17ClN4O3/c22-15-4-6-17(7-5-15)26-12-14(11-20(26)28)21(29)23-16-3-1-2-13(10-16)18-8-9-19(27)25-24-18/h1-10,14H,11-12H2,(H,23,29)(H,25,27). The average Bonchev–Trinajstić information content (AvgIpc) is 3.11. The molecule has 2 heterocycles. The Morgan fingerprint density at radius 2 is 1.90 bits per heavy atom. The molecule has 2 amide bonds. The van der Waals surface area contributed by atoms with Crippen molar-refractivity contribution < 1.29 is 9.59 Å². The summed E-state index contributed by atoms with van der Waals surface area (Å²) in [7, 11) is 0. The van der Waals surface area contributed by atoms with E-state index in [1.165, 1.54) is 6.07 Å². The highest BCUT2D eigenvalue weighted by Gasteiger charge is 2.35. The molecule has 0 bridgehead atoms. The SMILES string of the molecule is O=C(Nc1cccc(-c2ccc(=O)[nH]n2)c1)C1CC(=O)N(c2ccc(Cl)cc2)C1. The molecule has 0 aliphatic carbocycles. The van der Waals surface area contributed by atoms with Crippen LogP contribution in [0.5, 0.6) is 0 Å². The first-order valence-electron chi connectivity index (χ1n) is 9.02. The first-order valence-corrected chi connectivity index (χ1v) is 9.40. The molecule has 2 aromatic carbocycles. The smallest absolute Gasteiger partial charge is 0.264 e. The molecule has 29 heavy (non-hydrogen) atoms. The van der Waals surface area contributed by atoms with E-state index in [1.54, 1.807) is 53.4 Å². The van der Waals surface area contributed by atoms with Gasteiger partial charge in [0.05, 0.1) is 11.6 Å². The number of benzene rings is 2. The van der Waals surface area contributed by atoms with E-state index in [2.05, 4.69) is 15.5 Å². The van der Waals surface area contributed by atoms with Crippen LogP contribution in [0.4, 0.5) is 11.4 Å². The van der Waals surface area contributed by atoms with E-state index in [1.807, 2.05) is 6.07 Å². The molecule has 2 N–H and O–H groups in total. The van der Waals surface area contributed by atoms with Crippen molar-refractivity contribution in [2.24, 2.45) is 5.92 Å². The molecular formula is C21H17ClN4O3. The fourth-order valence-electron chi connectivity index (χ4n) is 3.26. The number of H-pyrrole nitrogens is 1. The zero-order valence-electron chi connectivity index (χ0n) is 15.3. The number of aromatic nitrogens is 2. The number of anilines is 2. The van der Waals surface area contributed by atoms with Crippen LogP contribution in [-0.4, -0.2) is 28.6 Å². The van der Waals surface area contributed by atoms with Crippen molar-refractivity contribution in [2.75, 3.05) is 16.8 Å². The molecule has 3 aromatic rings. The third-order valence-corrected chi connectivity index (χ3v) is 4.99. The molecule has 8 heteroatoms. The minimum absolute atomic E-state index is 0.0985. The second-order valence-corrected chi connectivity index (χ2v) is 7.19. The van der Waals surface area contributed by atoms with Gasteiger partial charge in [0, 0.05) is 41.0 Å². The van der Waals surface area contributed by atoms with Gasteiger partial charge >= 0.3 is 0 Å². The molecule has 1 saturated heterocycles. The highest BCUT2D eigenvalue weighted by Crippen LogP contribution is 2.27. The Balaban J connectivity index is 1.46. The van der Waals surface area contributed by atoms with Gasteiger partial charge in [-0.1, -0.05) is 23.7 Å². The number of hydrogen-bond acceptors (Lipinski definition) is 4. The van der Waals surface area contributed by atoms with Gasteiger partial charge in [-0.25, -0.2) is 5.10 Å². The number of rotatable bonds is 4. The van der Waals surface area contributed by atoms with Gasteiger partial charge < -0.3 is 10.2 Å². The van der Waals surface area contributed by atoms with E-state index in [4.69, 9.17) is 11.6 Å². The molecule has 1 unspecified atom stereocenters. The first-order chi connectivity index (χ1) is 14.0. The number of halogens is 1. The maximum atomic E-state index is 12.7. The van der Waals surface area contributed by atoms with Crippen LogP contribution < -0.4 is 15.8 Å². The number of hydrogen-bond donors (Lipinski definition) is 2. The molecule has 0 spiro atoms. The van der Waals surface area contributed by atoms with E-state index >= 15 is 0 Å². The Bertz CT molecular complexity index is 1110. The summed E-state index contributed by atoms with van der Waals surface area (Å²) in [6.07, 6.45) is 0.148. The molecule has 1 aliphatic rings. The number of nitrogens with zero attached hydrogens (tertiary/aromatic N) is 2. The third-order valence-electron chi connectivity index (χ3n) is 4.74. The highest BCUT2D eigenvalue weighted by atomic mass is 35.5. The molecule has 4 rings (SSSR count). The summed E-state index contributed by atoms with van der Waals surface area (Å²) < 4.78 is 0. The maximum absolute atomic E-state index is 12.7. The number of nitrogens with one attached hydrogen (secondary N) is 2.